The van der Waals surface area contributed by atoms with Crippen LogP contribution in [-0.4, -0.2) is 23.9 Å². The number of rotatable bonds is 4. The standard InChI is InChI=1S/C23H21Cl3N2S/c1-16-14-19(25)10-11-21(16)28-13-12-27(29-23-5-3-2-4-20(23)26)15-22(28)17-6-8-18(24)9-7-17/h2-11,14,22H,12-13,15H2,1H3. The van der Waals surface area contributed by atoms with Gasteiger partial charge in [-0.2, -0.15) is 0 Å². The summed E-state index contributed by atoms with van der Waals surface area (Å²) < 4.78 is 2.39. The predicted molar refractivity (Wildman–Crippen MR) is 127 cm³/mol. The van der Waals surface area contributed by atoms with Crippen molar-refractivity contribution in [2.24, 2.45) is 0 Å². The van der Waals surface area contributed by atoms with E-state index in [0.29, 0.717) is 0 Å². The second-order valence-electron chi connectivity index (χ2n) is 7.10. The lowest BCUT2D eigenvalue weighted by Gasteiger charge is -2.43. The molecule has 4 rings (SSSR count). The Hall–Kier alpha value is -1.36. The first-order valence-corrected chi connectivity index (χ1v) is 11.4. The SMILES string of the molecule is Cc1cc(Cl)ccc1N1CCN(Sc2ccccc2Cl)CC1c1ccc(Cl)cc1. The van der Waals surface area contributed by atoms with Gasteiger partial charge >= 0.3 is 0 Å². The maximum atomic E-state index is 6.39. The molecule has 0 aliphatic carbocycles. The molecule has 0 amide bonds. The highest BCUT2D eigenvalue weighted by atomic mass is 35.5. The molecular formula is C23H21Cl3N2S. The first-order valence-electron chi connectivity index (χ1n) is 9.47. The molecule has 3 aromatic carbocycles. The summed E-state index contributed by atoms with van der Waals surface area (Å²) in [5.74, 6) is 0. The molecule has 1 aliphatic rings. The first kappa shape index (κ1) is 20.9. The molecule has 2 nitrogen and oxygen atoms in total. The maximum absolute atomic E-state index is 6.39. The Bertz CT molecular complexity index is 994. The molecule has 1 unspecified atom stereocenters. The molecule has 0 saturated carbocycles. The van der Waals surface area contributed by atoms with Gasteiger partial charge < -0.3 is 4.90 Å². The number of hydrogen-bond donors (Lipinski definition) is 0. The fourth-order valence-corrected chi connectivity index (χ4v) is 5.25. The van der Waals surface area contributed by atoms with Crippen molar-refractivity contribution in [1.82, 2.24) is 4.31 Å². The quantitative estimate of drug-likeness (QED) is 0.369. The number of piperazine rings is 1. The van der Waals surface area contributed by atoms with Gasteiger partial charge in [-0.05, 0) is 72.5 Å². The Morgan fingerprint density at radius 2 is 1.59 bits per heavy atom. The van der Waals surface area contributed by atoms with Gasteiger partial charge in [0.1, 0.15) is 0 Å². The van der Waals surface area contributed by atoms with Crippen LogP contribution in [0.3, 0.4) is 0 Å². The molecule has 0 radical (unpaired) electrons. The summed E-state index contributed by atoms with van der Waals surface area (Å²) in [6.45, 7) is 4.83. The largest absolute Gasteiger partial charge is 0.362 e. The van der Waals surface area contributed by atoms with Crippen molar-refractivity contribution in [3.05, 3.63) is 92.9 Å². The molecule has 1 heterocycles. The average Bonchev–Trinajstić information content (AvgIpc) is 2.71. The molecule has 150 valence electrons. The van der Waals surface area contributed by atoms with Gasteiger partial charge in [0.05, 0.1) is 11.1 Å². The summed E-state index contributed by atoms with van der Waals surface area (Å²) >= 11 is 20.5. The van der Waals surface area contributed by atoms with Crippen LogP contribution in [0.1, 0.15) is 17.2 Å². The van der Waals surface area contributed by atoms with E-state index in [9.17, 15) is 0 Å². The van der Waals surface area contributed by atoms with E-state index < -0.39 is 0 Å². The number of aryl methyl sites for hydroxylation is 1. The normalized spacial score (nSPS) is 17.5. The highest BCUT2D eigenvalue weighted by molar-refractivity contribution is 7.97. The Labute approximate surface area is 191 Å². The van der Waals surface area contributed by atoms with Crippen LogP contribution >= 0.6 is 46.8 Å². The summed E-state index contributed by atoms with van der Waals surface area (Å²) in [5, 5.41) is 2.31. The zero-order valence-electron chi connectivity index (χ0n) is 16.0. The van der Waals surface area contributed by atoms with Crippen molar-refractivity contribution in [3.63, 3.8) is 0 Å². The first-order chi connectivity index (χ1) is 14.0. The number of hydrogen-bond acceptors (Lipinski definition) is 3. The number of nitrogens with zero attached hydrogens (tertiary/aromatic N) is 2. The summed E-state index contributed by atoms with van der Waals surface area (Å²) in [7, 11) is 0. The molecule has 1 fully saturated rings. The van der Waals surface area contributed by atoms with Gasteiger partial charge in [0.2, 0.25) is 0 Å². The fourth-order valence-electron chi connectivity index (χ4n) is 3.70. The monoisotopic (exact) mass is 462 g/mol. The Balaban J connectivity index is 1.64. The average molecular weight is 464 g/mol. The Kier molecular flexibility index (Phi) is 6.63. The van der Waals surface area contributed by atoms with Crippen LogP contribution in [0.4, 0.5) is 5.69 Å². The molecule has 1 atom stereocenters. The second kappa shape index (κ2) is 9.20. The van der Waals surface area contributed by atoms with Crippen LogP contribution < -0.4 is 4.90 Å². The molecule has 0 spiro atoms. The smallest absolute Gasteiger partial charge is 0.0679 e. The molecule has 1 aliphatic heterocycles. The number of anilines is 1. The third-order valence-corrected chi connectivity index (χ3v) is 7.20. The third-order valence-electron chi connectivity index (χ3n) is 5.13. The van der Waals surface area contributed by atoms with E-state index in [4.69, 9.17) is 34.8 Å². The van der Waals surface area contributed by atoms with E-state index >= 15 is 0 Å². The zero-order valence-corrected chi connectivity index (χ0v) is 19.1. The summed E-state index contributed by atoms with van der Waals surface area (Å²) in [5.41, 5.74) is 3.65. The van der Waals surface area contributed by atoms with Crippen LogP contribution in [0, 0.1) is 6.92 Å². The van der Waals surface area contributed by atoms with Gasteiger partial charge in [0, 0.05) is 40.3 Å². The lowest BCUT2D eigenvalue weighted by Crippen LogP contribution is -2.46. The molecule has 0 N–H and O–H groups in total. The Morgan fingerprint density at radius 3 is 2.31 bits per heavy atom. The number of halogens is 3. The molecule has 0 aromatic heterocycles. The third kappa shape index (κ3) is 4.87. The van der Waals surface area contributed by atoms with Crippen molar-refractivity contribution in [1.29, 1.82) is 0 Å². The van der Waals surface area contributed by atoms with Crippen LogP contribution in [0.25, 0.3) is 0 Å². The van der Waals surface area contributed by atoms with E-state index in [1.807, 2.05) is 42.5 Å². The van der Waals surface area contributed by atoms with E-state index in [2.05, 4.69) is 40.4 Å². The molecule has 0 bridgehead atoms. The topological polar surface area (TPSA) is 6.48 Å². The van der Waals surface area contributed by atoms with Gasteiger partial charge in [-0.15, -0.1) is 0 Å². The predicted octanol–water partition coefficient (Wildman–Crippen LogP) is 7.53. The highest BCUT2D eigenvalue weighted by Crippen LogP contribution is 2.38. The summed E-state index contributed by atoms with van der Waals surface area (Å²) in [4.78, 5) is 3.55. The summed E-state index contributed by atoms with van der Waals surface area (Å²) in [6, 6.07) is 22.5. The van der Waals surface area contributed by atoms with Crippen molar-refractivity contribution in [2.45, 2.75) is 17.9 Å². The molecular weight excluding hydrogens is 443 g/mol. The van der Waals surface area contributed by atoms with Crippen molar-refractivity contribution in [3.8, 4) is 0 Å². The van der Waals surface area contributed by atoms with Gasteiger partial charge in [-0.3, -0.25) is 0 Å². The van der Waals surface area contributed by atoms with Crippen LogP contribution in [0.5, 0.6) is 0 Å². The van der Waals surface area contributed by atoms with Crippen molar-refractivity contribution in [2.75, 3.05) is 24.5 Å². The van der Waals surface area contributed by atoms with Gasteiger partial charge in [-0.25, -0.2) is 4.31 Å². The lowest BCUT2D eigenvalue weighted by atomic mass is 10.0. The highest BCUT2D eigenvalue weighted by Gasteiger charge is 2.30. The zero-order chi connectivity index (χ0) is 20.4. The fraction of sp³-hybridized carbons (Fsp3) is 0.217. The minimum absolute atomic E-state index is 0.205. The van der Waals surface area contributed by atoms with Gasteiger partial charge in [0.25, 0.3) is 0 Å². The van der Waals surface area contributed by atoms with Gasteiger partial charge in [-0.1, -0.05) is 59.1 Å². The van der Waals surface area contributed by atoms with E-state index in [0.717, 1.165) is 39.6 Å². The van der Waals surface area contributed by atoms with Crippen molar-refractivity contribution >= 4 is 52.4 Å². The Morgan fingerprint density at radius 1 is 0.862 bits per heavy atom. The maximum Gasteiger partial charge on any atom is 0.0679 e. The van der Waals surface area contributed by atoms with E-state index in [-0.39, 0.29) is 6.04 Å². The second-order valence-corrected chi connectivity index (χ2v) is 9.52. The molecule has 1 saturated heterocycles. The minimum Gasteiger partial charge on any atom is -0.362 e. The lowest BCUT2D eigenvalue weighted by molar-refractivity contribution is 0.365. The van der Waals surface area contributed by atoms with Crippen molar-refractivity contribution < 1.29 is 0 Å². The van der Waals surface area contributed by atoms with E-state index in [1.165, 1.54) is 16.8 Å². The molecule has 3 aromatic rings. The minimum atomic E-state index is 0.205. The number of benzene rings is 3. The molecule has 29 heavy (non-hydrogen) atoms. The van der Waals surface area contributed by atoms with Gasteiger partial charge in [0.15, 0.2) is 0 Å². The summed E-state index contributed by atoms with van der Waals surface area (Å²) in [6.07, 6.45) is 0. The molecule has 6 heteroatoms. The van der Waals surface area contributed by atoms with E-state index in [1.54, 1.807) is 11.9 Å². The van der Waals surface area contributed by atoms with Crippen LogP contribution in [-0.2, 0) is 0 Å². The van der Waals surface area contributed by atoms with Crippen LogP contribution in [0.15, 0.2) is 71.6 Å². The van der Waals surface area contributed by atoms with Crippen LogP contribution in [0.2, 0.25) is 15.1 Å².